The van der Waals surface area contributed by atoms with Crippen molar-refractivity contribution in [3.8, 4) is 47.8 Å². The lowest BCUT2D eigenvalue weighted by atomic mass is 9.89. The van der Waals surface area contributed by atoms with Crippen LogP contribution in [0, 0.1) is 22.7 Å². The van der Waals surface area contributed by atoms with E-state index in [4.69, 9.17) is 20.0 Å². The number of unbranched alkanes of at least 4 members (excludes halogenated alkanes) is 4. The van der Waals surface area contributed by atoms with Crippen LogP contribution in [0.3, 0.4) is 0 Å². The fourth-order valence-electron chi connectivity index (χ4n) is 7.69. The maximum Gasteiger partial charge on any atom is 0.380 e. The summed E-state index contributed by atoms with van der Waals surface area (Å²) in [5.41, 5.74) is -3.58. The van der Waals surface area contributed by atoms with Crippen LogP contribution in [0.4, 0.5) is 26.3 Å². The molecule has 4 heterocycles. The van der Waals surface area contributed by atoms with Gasteiger partial charge in [0, 0.05) is 74.5 Å². The largest absolute Gasteiger partial charge is 0.494 e. The molecule has 0 bridgehead atoms. The van der Waals surface area contributed by atoms with Crippen molar-refractivity contribution in [1.29, 1.82) is 10.5 Å². The Morgan fingerprint density at radius 3 is 1.66 bits per heavy atom. The molecule has 0 radical (unpaired) electrons. The number of hydrogen-bond donors (Lipinski definition) is 0. The van der Waals surface area contributed by atoms with Gasteiger partial charge in [-0.15, -0.1) is 45.3 Å². The molecule has 342 valence electrons. The Balaban J connectivity index is 1.42. The van der Waals surface area contributed by atoms with E-state index in [2.05, 4.69) is 12.1 Å². The van der Waals surface area contributed by atoms with E-state index < -0.39 is 34.8 Å². The lowest BCUT2D eigenvalue weighted by molar-refractivity contribution is -0.254. The van der Waals surface area contributed by atoms with Gasteiger partial charge in [0.25, 0.3) is 0 Å². The predicted octanol–water partition coefficient (Wildman–Crippen LogP) is 17.1. The molecule has 65 heavy (non-hydrogen) atoms. The van der Waals surface area contributed by atoms with Crippen molar-refractivity contribution in [1.82, 2.24) is 0 Å². The lowest BCUT2D eigenvalue weighted by Gasteiger charge is -2.26. The molecule has 2 aliphatic rings. The highest BCUT2D eigenvalue weighted by molar-refractivity contribution is 7.24. The molecule has 0 N–H and O–H groups in total. The van der Waals surface area contributed by atoms with Crippen molar-refractivity contribution >= 4 is 56.5 Å². The first kappa shape index (κ1) is 48.3. The van der Waals surface area contributed by atoms with Gasteiger partial charge < -0.3 is 9.47 Å². The Morgan fingerprint density at radius 1 is 0.631 bits per heavy atom. The van der Waals surface area contributed by atoms with Gasteiger partial charge in [0.2, 0.25) is 0 Å². The van der Waals surface area contributed by atoms with Crippen molar-refractivity contribution in [3.63, 3.8) is 0 Å². The van der Waals surface area contributed by atoms with Crippen molar-refractivity contribution in [2.24, 2.45) is 0 Å². The number of alkyl halides is 6. The molecule has 0 saturated heterocycles. The zero-order valence-corrected chi connectivity index (χ0v) is 40.3. The minimum atomic E-state index is -5.77. The van der Waals surface area contributed by atoms with E-state index >= 15 is 26.3 Å². The molecule has 0 fully saturated rings. The maximum absolute atomic E-state index is 17.0. The van der Waals surface area contributed by atoms with Crippen LogP contribution in [-0.4, -0.2) is 31.0 Å². The summed E-state index contributed by atoms with van der Waals surface area (Å²) < 4.78 is 112. The van der Waals surface area contributed by atoms with Crippen LogP contribution >= 0.6 is 45.3 Å². The average molecular weight is 965 g/mol. The SMILES string of the molecule is CC(C)(C)c1ccc(-c2cc(C3=C(c4cc(-c5ccc(C(C)(C)C)s5)sc4C4C=CC(OCCCCC#N)=CC4)C(F)(F)C(F)(F)C3(F)F)c(-c3ccc(OCCCCC#N)cc3)s2)s1. The van der Waals surface area contributed by atoms with E-state index in [1.807, 2.05) is 65.8 Å². The van der Waals surface area contributed by atoms with E-state index in [9.17, 15) is 0 Å². The zero-order chi connectivity index (χ0) is 47.0. The lowest BCUT2D eigenvalue weighted by Crippen LogP contribution is -2.48. The van der Waals surface area contributed by atoms with Gasteiger partial charge in [-0.05, 0) is 127 Å². The topological polar surface area (TPSA) is 66.0 Å². The number of hydrogen-bond acceptors (Lipinski definition) is 8. The van der Waals surface area contributed by atoms with Gasteiger partial charge in [-0.2, -0.15) is 36.9 Å². The first-order chi connectivity index (χ1) is 30.7. The minimum absolute atomic E-state index is 0.147. The first-order valence-corrected chi connectivity index (χ1v) is 24.8. The fourth-order valence-corrected chi connectivity index (χ4v) is 12.4. The quantitative estimate of drug-likeness (QED) is 0.0730. The summed E-state index contributed by atoms with van der Waals surface area (Å²) in [6.07, 6.45) is 8.92. The van der Waals surface area contributed by atoms with Crippen LogP contribution in [0.1, 0.15) is 118 Å². The predicted molar refractivity (Wildman–Crippen MR) is 255 cm³/mol. The van der Waals surface area contributed by atoms with Gasteiger partial charge in [0.1, 0.15) is 11.5 Å². The van der Waals surface area contributed by atoms with Gasteiger partial charge >= 0.3 is 17.8 Å². The summed E-state index contributed by atoms with van der Waals surface area (Å²) in [4.78, 5) is 4.84. The minimum Gasteiger partial charge on any atom is -0.494 e. The number of nitrogens with zero attached hydrogens (tertiary/aromatic N) is 2. The number of halogens is 6. The Hall–Kier alpha value is -4.60. The number of ether oxygens (including phenoxy) is 2. The summed E-state index contributed by atoms with van der Waals surface area (Å²) in [5.74, 6) is -15.9. The third-order valence-electron chi connectivity index (χ3n) is 11.3. The summed E-state index contributed by atoms with van der Waals surface area (Å²) in [6, 6.07) is 21.1. The Bertz CT molecular complexity index is 2690. The molecule has 1 unspecified atom stereocenters. The van der Waals surface area contributed by atoms with Crippen LogP contribution in [0.15, 0.2) is 84.7 Å². The third kappa shape index (κ3) is 9.79. The number of rotatable bonds is 16. The molecule has 14 heteroatoms. The van der Waals surface area contributed by atoms with Gasteiger partial charge in [-0.25, -0.2) is 0 Å². The normalized spacial score (nSPS) is 17.8. The molecule has 0 saturated carbocycles. The standard InChI is InChI=1S/C51H50F6N2O2S4/c1-47(2,3)41-23-21-37(62-41)39-29-35(45(64-39)31-13-17-33(18-14-31)60-27-11-7-9-25-58)43-44(50(54,55)51(56,57)49(43,52)53)36-30-40(38-22-24-42(63-38)48(4,5)6)65-46(36)32-15-19-34(20-16-32)61-28-12-8-10-26-59/h13-15,17-24,29-30,32H,7-12,16,27-28H2,1-6H3. The van der Waals surface area contributed by atoms with Crippen LogP contribution in [0.5, 0.6) is 5.75 Å². The highest BCUT2D eigenvalue weighted by Crippen LogP contribution is 2.67. The zero-order valence-electron chi connectivity index (χ0n) is 37.1. The van der Waals surface area contributed by atoms with Crippen molar-refractivity contribution in [2.45, 2.75) is 121 Å². The third-order valence-corrected chi connectivity index (χ3v) is 17.2. The van der Waals surface area contributed by atoms with Gasteiger partial charge in [0.15, 0.2) is 0 Å². The van der Waals surface area contributed by atoms with Gasteiger partial charge in [-0.1, -0.05) is 47.6 Å². The van der Waals surface area contributed by atoms with E-state index in [1.165, 1.54) is 34.8 Å². The number of benzene rings is 1. The second-order valence-corrected chi connectivity index (χ2v) is 22.6. The Kier molecular flexibility index (Phi) is 14.1. The van der Waals surface area contributed by atoms with E-state index in [0.29, 0.717) is 88.3 Å². The molecule has 0 spiro atoms. The molecule has 2 aliphatic carbocycles. The van der Waals surface area contributed by atoms with Crippen molar-refractivity contribution in [2.75, 3.05) is 13.2 Å². The molecule has 4 nitrogen and oxygen atoms in total. The van der Waals surface area contributed by atoms with E-state index in [1.54, 1.807) is 42.5 Å². The molecular formula is C51H50F6N2O2S4. The maximum atomic E-state index is 17.0. The first-order valence-electron chi connectivity index (χ1n) is 21.6. The molecular weight excluding hydrogens is 915 g/mol. The molecule has 4 aromatic heterocycles. The van der Waals surface area contributed by atoms with Crippen molar-refractivity contribution in [3.05, 3.63) is 110 Å². The summed E-state index contributed by atoms with van der Waals surface area (Å²) >= 11 is 5.13. The second kappa shape index (κ2) is 18.9. The average Bonchev–Trinajstić information content (AvgIpc) is 4.09. The fraction of sp³-hybridized carbons (Fsp3) is 0.412. The number of allylic oxidation sites excluding steroid dienone is 5. The second-order valence-electron chi connectivity index (χ2n) is 18.3. The van der Waals surface area contributed by atoms with E-state index in [0.717, 1.165) is 32.4 Å². The van der Waals surface area contributed by atoms with Crippen LogP contribution in [0.2, 0.25) is 0 Å². The van der Waals surface area contributed by atoms with Crippen molar-refractivity contribution < 1.29 is 35.8 Å². The molecule has 0 amide bonds. The van der Waals surface area contributed by atoms with Gasteiger partial charge in [-0.3, -0.25) is 0 Å². The smallest absolute Gasteiger partial charge is 0.380 e. The number of nitriles is 2. The molecule has 1 aromatic carbocycles. The molecule has 7 rings (SSSR count). The molecule has 1 atom stereocenters. The summed E-state index contributed by atoms with van der Waals surface area (Å²) in [7, 11) is 0. The van der Waals surface area contributed by atoms with E-state index in [-0.39, 0.29) is 38.1 Å². The van der Waals surface area contributed by atoms with Crippen LogP contribution in [0.25, 0.3) is 41.1 Å². The Labute approximate surface area is 393 Å². The van der Waals surface area contributed by atoms with Crippen LogP contribution < -0.4 is 4.74 Å². The number of thiophene rings is 4. The van der Waals surface area contributed by atoms with Gasteiger partial charge in [0.05, 0.1) is 25.4 Å². The molecule has 5 aromatic rings. The monoisotopic (exact) mass is 964 g/mol. The highest BCUT2D eigenvalue weighted by Gasteiger charge is 2.80. The summed E-state index contributed by atoms with van der Waals surface area (Å²) in [6.45, 7) is 13.0. The van der Waals surface area contributed by atoms with Crippen LogP contribution in [-0.2, 0) is 15.6 Å². The molecule has 0 aliphatic heterocycles. The highest BCUT2D eigenvalue weighted by atomic mass is 32.1. The summed E-state index contributed by atoms with van der Waals surface area (Å²) in [5, 5.41) is 17.7. The Morgan fingerprint density at radius 2 is 1.15 bits per heavy atom.